The fourth-order valence-electron chi connectivity index (χ4n) is 4.16. The van der Waals surface area contributed by atoms with E-state index in [0.717, 1.165) is 50.2 Å². The van der Waals surface area contributed by atoms with Crippen molar-refractivity contribution in [2.45, 2.75) is 38.1 Å². The second-order valence-electron chi connectivity index (χ2n) is 7.44. The third-order valence-corrected chi connectivity index (χ3v) is 8.31. The Bertz CT molecular complexity index is 823. The van der Waals surface area contributed by atoms with Crippen molar-refractivity contribution in [2.75, 3.05) is 32.9 Å². The summed E-state index contributed by atoms with van der Waals surface area (Å²) in [4.78, 5) is 25.0. The number of amides is 1. The Morgan fingerprint density at radius 1 is 1.23 bits per heavy atom. The molecule has 4 rings (SSSR count). The number of sulfonamides is 1. The molecular weight excluding hydrogens is 372 g/mol. The second-order valence-corrected chi connectivity index (χ2v) is 10.6. The van der Waals surface area contributed by atoms with Crippen LogP contribution in [-0.4, -0.2) is 73.4 Å². The van der Waals surface area contributed by atoms with Crippen LogP contribution in [0.4, 0.5) is 0 Å². The topological polar surface area (TPSA) is 82.4 Å². The number of piperidine rings is 1. The summed E-state index contributed by atoms with van der Waals surface area (Å²) in [6.07, 6.45) is 6.04. The number of carbonyl (C=O) groups excluding carboxylic acids is 1. The van der Waals surface area contributed by atoms with Crippen LogP contribution in [0.3, 0.4) is 0 Å². The van der Waals surface area contributed by atoms with Crippen LogP contribution < -0.4 is 0 Å². The molecule has 3 aliphatic heterocycles. The molecule has 4 aliphatic rings. The SMILES string of the molecule is CN(C1CCN(CC2=NC(=O)C3C(=N2)SC2=C3CCC2)CC1)S(C)(=O)=O. The molecule has 1 aliphatic carbocycles. The summed E-state index contributed by atoms with van der Waals surface area (Å²) in [5.41, 5.74) is 1.26. The van der Waals surface area contributed by atoms with Gasteiger partial charge in [0.05, 0.1) is 17.8 Å². The Labute approximate surface area is 158 Å². The number of carbonyl (C=O) groups is 1. The molecule has 0 N–H and O–H groups in total. The lowest BCUT2D eigenvalue weighted by Gasteiger charge is -2.35. The van der Waals surface area contributed by atoms with Gasteiger partial charge in [0.1, 0.15) is 11.8 Å². The largest absolute Gasteiger partial charge is 0.296 e. The van der Waals surface area contributed by atoms with Gasteiger partial charge in [0.2, 0.25) is 10.0 Å². The van der Waals surface area contributed by atoms with Gasteiger partial charge < -0.3 is 0 Å². The van der Waals surface area contributed by atoms with E-state index in [1.807, 2.05) is 0 Å². The molecule has 0 bridgehead atoms. The number of likely N-dealkylation sites (tertiary alicyclic amines) is 1. The Morgan fingerprint density at radius 2 is 1.96 bits per heavy atom. The third-order valence-electron chi connectivity index (χ3n) is 5.72. The normalized spacial score (nSPS) is 27.7. The number of aliphatic imine (C=N–C) groups is 2. The first-order valence-electron chi connectivity index (χ1n) is 9.08. The first kappa shape index (κ1) is 18.3. The van der Waals surface area contributed by atoms with Gasteiger partial charge >= 0.3 is 0 Å². The van der Waals surface area contributed by atoms with Crippen LogP contribution in [0.5, 0.6) is 0 Å². The van der Waals surface area contributed by atoms with Gasteiger partial charge in [-0.25, -0.2) is 17.7 Å². The van der Waals surface area contributed by atoms with Gasteiger partial charge in [0.15, 0.2) is 0 Å². The molecule has 1 atom stereocenters. The summed E-state index contributed by atoms with van der Waals surface area (Å²) in [7, 11) is -1.51. The van der Waals surface area contributed by atoms with Crippen molar-refractivity contribution in [3.8, 4) is 0 Å². The first-order valence-corrected chi connectivity index (χ1v) is 11.7. The molecule has 142 valence electrons. The van der Waals surface area contributed by atoms with Crippen LogP contribution >= 0.6 is 11.8 Å². The lowest BCUT2D eigenvalue weighted by atomic mass is 9.98. The monoisotopic (exact) mass is 396 g/mol. The van der Waals surface area contributed by atoms with Crippen LogP contribution in [0.1, 0.15) is 32.1 Å². The van der Waals surface area contributed by atoms with Crippen LogP contribution in [0.2, 0.25) is 0 Å². The Balaban J connectivity index is 1.37. The highest BCUT2D eigenvalue weighted by molar-refractivity contribution is 8.17. The number of hydrogen-bond donors (Lipinski definition) is 0. The molecule has 1 fully saturated rings. The summed E-state index contributed by atoms with van der Waals surface area (Å²) >= 11 is 1.68. The van der Waals surface area contributed by atoms with Crippen molar-refractivity contribution in [1.82, 2.24) is 9.21 Å². The van der Waals surface area contributed by atoms with Gasteiger partial charge in [-0.2, -0.15) is 4.99 Å². The summed E-state index contributed by atoms with van der Waals surface area (Å²) < 4.78 is 24.8. The number of fused-ring (bicyclic) bond motifs is 2. The summed E-state index contributed by atoms with van der Waals surface area (Å²) in [5.74, 6) is 0.344. The molecule has 26 heavy (non-hydrogen) atoms. The lowest BCUT2D eigenvalue weighted by molar-refractivity contribution is -0.118. The standard InChI is InChI=1S/C17H24N4O3S2/c1-20(26(2,23)24)11-6-8-21(9-7-11)10-14-18-16(22)15-12-4-3-5-13(12)25-17(15)19-14/h11,15H,3-10H2,1-2H3. The molecule has 7 nitrogen and oxygen atoms in total. The minimum absolute atomic E-state index is 0.0458. The number of allylic oxidation sites excluding steroid dienone is 1. The predicted octanol–water partition coefficient (Wildman–Crippen LogP) is 1.48. The molecule has 0 aromatic rings. The summed E-state index contributed by atoms with van der Waals surface area (Å²) in [5, 5.41) is 0.913. The number of hydrogen-bond acceptors (Lipinski definition) is 6. The minimum atomic E-state index is -3.15. The second kappa shape index (κ2) is 6.85. The van der Waals surface area contributed by atoms with Crippen LogP contribution in [0.25, 0.3) is 0 Å². The zero-order valence-electron chi connectivity index (χ0n) is 15.1. The van der Waals surface area contributed by atoms with E-state index in [9.17, 15) is 13.2 Å². The van der Waals surface area contributed by atoms with E-state index in [-0.39, 0.29) is 17.9 Å². The van der Waals surface area contributed by atoms with Crippen molar-refractivity contribution in [3.05, 3.63) is 10.5 Å². The van der Waals surface area contributed by atoms with E-state index in [0.29, 0.717) is 12.4 Å². The molecule has 1 saturated heterocycles. The summed E-state index contributed by atoms with van der Waals surface area (Å²) in [6.45, 7) is 2.13. The van der Waals surface area contributed by atoms with E-state index in [2.05, 4.69) is 14.9 Å². The van der Waals surface area contributed by atoms with Gasteiger partial charge in [0.25, 0.3) is 5.91 Å². The molecule has 9 heteroatoms. The molecule has 0 saturated carbocycles. The fraction of sp³-hybridized carbons (Fsp3) is 0.706. The molecule has 1 unspecified atom stereocenters. The number of amidine groups is 1. The van der Waals surface area contributed by atoms with E-state index >= 15 is 0 Å². The highest BCUT2D eigenvalue weighted by atomic mass is 32.2. The van der Waals surface area contributed by atoms with Crippen molar-refractivity contribution in [2.24, 2.45) is 15.9 Å². The molecule has 3 heterocycles. The smallest absolute Gasteiger partial charge is 0.261 e. The van der Waals surface area contributed by atoms with Crippen molar-refractivity contribution < 1.29 is 13.2 Å². The quantitative estimate of drug-likeness (QED) is 0.719. The third kappa shape index (κ3) is 3.42. The van der Waals surface area contributed by atoms with Crippen LogP contribution in [0, 0.1) is 5.92 Å². The average molecular weight is 397 g/mol. The van der Waals surface area contributed by atoms with Crippen molar-refractivity contribution in [3.63, 3.8) is 0 Å². The minimum Gasteiger partial charge on any atom is -0.296 e. The van der Waals surface area contributed by atoms with Gasteiger partial charge in [-0.05, 0) is 42.6 Å². The predicted molar refractivity (Wildman–Crippen MR) is 104 cm³/mol. The van der Waals surface area contributed by atoms with E-state index in [4.69, 9.17) is 0 Å². The first-order chi connectivity index (χ1) is 12.3. The van der Waals surface area contributed by atoms with Gasteiger partial charge in [-0.3, -0.25) is 9.69 Å². The van der Waals surface area contributed by atoms with Crippen molar-refractivity contribution >= 4 is 38.6 Å². The molecular formula is C17H24N4O3S2. The average Bonchev–Trinajstić information content (AvgIpc) is 3.14. The number of thioether (sulfide) groups is 1. The van der Waals surface area contributed by atoms with Gasteiger partial charge in [-0.15, -0.1) is 0 Å². The Kier molecular flexibility index (Phi) is 4.83. The molecule has 0 spiro atoms. The van der Waals surface area contributed by atoms with E-state index in [1.54, 1.807) is 18.8 Å². The maximum Gasteiger partial charge on any atom is 0.261 e. The zero-order valence-corrected chi connectivity index (χ0v) is 16.8. The van der Waals surface area contributed by atoms with Crippen LogP contribution in [-0.2, 0) is 14.8 Å². The molecule has 0 radical (unpaired) electrons. The van der Waals surface area contributed by atoms with Gasteiger partial charge in [0, 0.05) is 26.2 Å². The van der Waals surface area contributed by atoms with Gasteiger partial charge in [-0.1, -0.05) is 11.8 Å². The maximum absolute atomic E-state index is 12.5. The highest BCUT2D eigenvalue weighted by Gasteiger charge is 2.41. The van der Waals surface area contributed by atoms with E-state index < -0.39 is 10.0 Å². The molecule has 1 amide bonds. The zero-order chi connectivity index (χ0) is 18.5. The Hall–Kier alpha value is -1.03. The lowest BCUT2D eigenvalue weighted by Crippen LogP contribution is -2.46. The molecule has 0 aromatic carbocycles. The Morgan fingerprint density at radius 3 is 2.65 bits per heavy atom. The highest BCUT2D eigenvalue weighted by Crippen LogP contribution is 2.48. The van der Waals surface area contributed by atoms with Crippen molar-refractivity contribution in [1.29, 1.82) is 0 Å². The molecule has 0 aromatic heterocycles. The van der Waals surface area contributed by atoms with E-state index in [1.165, 1.54) is 21.0 Å². The van der Waals surface area contributed by atoms with Crippen LogP contribution in [0.15, 0.2) is 20.5 Å². The fourth-order valence-corrected chi connectivity index (χ4v) is 6.28. The number of rotatable bonds is 4. The number of nitrogens with zero attached hydrogens (tertiary/aromatic N) is 4. The maximum atomic E-state index is 12.5. The summed E-state index contributed by atoms with van der Waals surface area (Å²) in [6, 6.07) is 0.0458.